The van der Waals surface area contributed by atoms with Crippen LogP contribution in [0.15, 0.2) is 22.7 Å². The van der Waals surface area contributed by atoms with Gasteiger partial charge in [-0.1, -0.05) is 29.8 Å². The Morgan fingerprint density at radius 3 is 2.36 bits per heavy atom. The number of carbonyl (C=O) groups is 3. The Kier molecular flexibility index (Phi) is 4.85. The molecule has 22 heavy (non-hydrogen) atoms. The highest BCUT2D eigenvalue weighted by atomic mass is 79.9. The standard InChI is InChI=1S/C15H17BrN2O4/c1-9(2)7-17-13(19)14(20)18(15(17)21)8-10-6-11(16)4-5-12(10)22-3/h4-6,9H,7-8H2,1-3H3. The van der Waals surface area contributed by atoms with Gasteiger partial charge in [0.2, 0.25) is 0 Å². The van der Waals surface area contributed by atoms with Crippen molar-refractivity contribution in [1.29, 1.82) is 0 Å². The molecular formula is C15H17BrN2O4. The number of ether oxygens (including phenoxy) is 1. The molecule has 0 atom stereocenters. The van der Waals surface area contributed by atoms with Gasteiger partial charge in [0.1, 0.15) is 5.75 Å². The summed E-state index contributed by atoms with van der Waals surface area (Å²) < 4.78 is 6.03. The Bertz CT molecular complexity index is 630. The van der Waals surface area contributed by atoms with Gasteiger partial charge in [-0.3, -0.25) is 19.4 Å². The first kappa shape index (κ1) is 16.5. The Morgan fingerprint density at radius 1 is 1.14 bits per heavy atom. The molecule has 0 bridgehead atoms. The highest BCUT2D eigenvalue weighted by molar-refractivity contribution is 9.10. The number of rotatable bonds is 5. The molecule has 1 aromatic rings. The van der Waals surface area contributed by atoms with Crippen LogP contribution in [0.4, 0.5) is 4.79 Å². The SMILES string of the molecule is COc1ccc(Br)cc1CN1C(=O)C(=O)N(CC(C)C)C1=O. The summed E-state index contributed by atoms with van der Waals surface area (Å²) >= 11 is 3.34. The number of benzene rings is 1. The average Bonchev–Trinajstić information content (AvgIpc) is 2.65. The molecule has 0 unspecified atom stereocenters. The average molecular weight is 369 g/mol. The van der Waals surface area contributed by atoms with E-state index >= 15 is 0 Å². The minimum atomic E-state index is -0.798. The molecule has 7 heteroatoms. The lowest BCUT2D eigenvalue weighted by molar-refractivity contribution is -0.143. The van der Waals surface area contributed by atoms with Gasteiger partial charge < -0.3 is 4.74 Å². The van der Waals surface area contributed by atoms with Crippen LogP contribution in [0.5, 0.6) is 5.75 Å². The predicted molar refractivity (Wildman–Crippen MR) is 83.2 cm³/mol. The zero-order valence-electron chi connectivity index (χ0n) is 12.6. The molecule has 1 aromatic carbocycles. The van der Waals surface area contributed by atoms with Crippen LogP contribution >= 0.6 is 15.9 Å². The number of urea groups is 1. The van der Waals surface area contributed by atoms with E-state index in [9.17, 15) is 14.4 Å². The van der Waals surface area contributed by atoms with E-state index in [0.29, 0.717) is 11.3 Å². The van der Waals surface area contributed by atoms with Gasteiger partial charge >= 0.3 is 17.8 Å². The third kappa shape index (κ3) is 3.14. The zero-order chi connectivity index (χ0) is 16.4. The molecule has 0 spiro atoms. The van der Waals surface area contributed by atoms with Crippen molar-refractivity contribution in [3.8, 4) is 5.75 Å². The van der Waals surface area contributed by atoms with Crippen molar-refractivity contribution in [2.24, 2.45) is 5.92 Å². The van der Waals surface area contributed by atoms with Gasteiger partial charge in [-0.15, -0.1) is 0 Å². The van der Waals surface area contributed by atoms with Gasteiger partial charge in [0.15, 0.2) is 0 Å². The lowest BCUT2D eigenvalue weighted by Gasteiger charge is -2.18. The molecule has 0 N–H and O–H groups in total. The zero-order valence-corrected chi connectivity index (χ0v) is 14.2. The summed E-state index contributed by atoms with van der Waals surface area (Å²) in [6.07, 6.45) is 0. The number of nitrogens with zero attached hydrogens (tertiary/aromatic N) is 2. The number of amides is 4. The molecule has 0 aliphatic carbocycles. The van der Waals surface area contributed by atoms with Crippen LogP contribution in [0.3, 0.4) is 0 Å². The van der Waals surface area contributed by atoms with E-state index in [1.165, 1.54) is 7.11 Å². The summed E-state index contributed by atoms with van der Waals surface area (Å²) in [5, 5.41) is 0. The molecule has 2 rings (SSSR count). The molecular weight excluding hydrogens is 352 g/mol. The summed E-state index contributed by atoms with van der Waals surface area (Å²) in [7, 11) is 1.51. The van der Waals surface area contributed by atoms with E-state index in [1.54, 1.807) is 18.2 Å². The molecule has 1 fully saturated rings. The highest BCUT2D eigenvalue weighted by Crippen LogP contribution is 2.26. The number of hydrogen-bond acceptors (Lipinski definition) is 4. The smallest absolute Gasteiger partial charge is 0.334 e. The molecule has 4 amide bonds. The third-order valence-corrected chi connectivity index (χ3v) is 3.75. The van der Waals surface area contributed by atoms with Crippen LogP contribution in [0.25, 0.3) is 0 Å². The molecule has 6 nitrogen and oxygen atoms in total. The third-order valence-electron chi connectivity index (χ3n) is 3.25. The summed E-state index contributed by atoms with van der Waals surface area (Å²) in [5.41, 5.74) is 0.651. The summed E-state index contributed by atoms with van der Waals surface area (Å²) in [4.78, 5) is 38.3. The maximum absolute atomic E-state index is 12.3. The quantitative estimate of drug-likeness (QED) is 0.591. The summed E-state index contributed by atoms with van der Waals surface area (Å²) in [5.74, 6) is -0.917. The largest absolute Gasteiger partial charge is 0.496 e. The van der Waals surface area contributed by atoms with Crippen molar-refractivity contribution >= 4 is 33.8 Å². The first-order chi connectivity index (χ1) is 10.3. The van der Waals surface area contributed by atoms with Crippen LogP contribution < -0.4 is 4.74 Å². The predicted octanol–water partition coefficient (Wildman–Crippen LogP) is 2.40. The van der Waals surface area contributed by atoms with Crippen molar-refractivity contribution in [2.45, 2.75) is 20.4 Å². The first-order valence-electron chi connectivity index (χ1n) is 6.85. The van der Waals surface area contributed by atoms with Gasteiger partial charge in [0, 0.05) is 16.6 Å². The Balaban J connectivity index is 2.26. The second-order valence-electron chi connectivity index (χ2n) is 5.44. The van der Waals surface area contributed by atoms with Crippen molar-refractivity contribution in [3.63, 3.8) is 0 Å². The topological polar surface area (TPSA) is 66.9 Å². The monoisotopic (exact) mass is 368 g/mol. The second-order valence-corrected chi connectivity index (χ2v) is 6.36. The summed E-state index contributed by atoms with van der Waals surface area (Å²) in [6, 6.07) is 4.71. The van der Waals surface area contributed by atoms with E-state index in [0.717, 1.165) is 14.3 Å². The van der Waals surface area contributed by atoms with Crippen LogP contribution in [0.2, 0.25) is 0 Å². The normalized spacial score (nSPS) is 15.2. The van der Waals surface area contributed by atoms with Crippen molar-refractivity contribution in [1.82, 2.24) is 9.80 Å². The molecule has 1 aliphatic rings. The van der Waals surface area contributed by atoms with E-state index in [2.05, 4.69) is 15.9 Å². The van der Waals surface area contributed by atoms with Crippen LogP contribution in [-0.2, 0) is 16.1 Å². The van der Waals surface area contributed by atoms with E-state index in [4.69, 9.17) is 4.74 Å². The number of halogens is 1. The molecule has 1 saturated heterocycles. The van der Waals surface area contributed by atoms with Gasteiger partial charge in [0.25, 0.3) is 0 Å². The van der Waals surface area contributed by atoms with E-state index < -0.39 is 17.8 Å². The highest BCUT2D eigenvalue weighted by Gasteiger charge is 2.44. The molecule has 1 aliphatic heterocycles. The Hall–Kier alpha value is -1.89. The lowest BCUT2D eigenvalue weighted by atomic mass is 10.2. The molecule has 118 valence electrons. The number of carbonyl (C=O) groups excluding carboxylic acids is 3. The fourth-order valence-electron chi connectivity index (χ4n) is 2.26. The maximum Gasteiger partial charge on any atom is 0.334 e. The number of imide groups is 2. The van der Waals surface area contributed by atoms with Crippen molar-refractivity contribution in [2.75, 3.05) is 13.7 Å². The Labute approximate surface area is 137 Å². The first-order valence-corrected chi connectivity index (χ1v) is 7.64. The Morgan fingerprint density at radius 2 is 1.77 bits per heavy atom. The molecule has 0 radical (unpaired) electrons. The number of hydrogen-bond donors (Lipinski definition) is 0. The van der Waals surface area contributed by atoms with Crippen molar-refractivity contribution < 1.29 is 19.1 Å². The fraction of sp³-hybridized carbons (Fsp3) is 0.400. The second kappa shape index (κ2) is 6.48. The lowest BCUT2D eigenvalue weighted by Crippen LogP contribution is -2.35. The fourth-order valence-corrected chi connectivity index (χ4v) is 2.67. The molecule has 0 aromatic heterocycles. The van der Waals surface area contributed by atoms with Gasteiger partial charge in [-0.25, -0.2) is 4.79 Å². The van der Waals surface area contributed by atoms with Gasteiger partial charge in [0.05, 0.1) is 13.7 Å². The van der Waals surface area contributed by atoms with E-state index in [-0.39, 0.29) is 19.0 Å². The van der Waals surface area contributed by atoms with Gasteiger partial charge in [-0.05, 0) is 24.1 Å². The minimum Gasteiger partial charge on any atom is -0.496 e. The van der Waals surface area contributed by atoms with Crippen LogP contribution in [-0.4, -0.2) is 41.3 Å². The number of methoxy groups -OCH3 is 1. The molecule has 0 saturated carbocycles. The summed E-state index contributed by atoms with van der Waals surface area (Å²) in [6.45, 7) is 3.99. The maximum atomic E-state index is 12.3. The minimum absolute atomic E-state index is 0.000610. The van der Waals surface area contributed by atoms with E-state index in [1.807, 2.05) is 13.8 Å². The molecule has 1 heterocycles. The van der Waals surface area contributed by atoms with Crippen LogP contribution in [0, 0.1) is 5.92 Å². The van der Waals surface area contributed by atoms with Gasteiger partial charge in [-0.2, -0.15) is 0 Å². The van der Waals surface area contributed by atoms with Crippen LogP contribution in [0.1, 0.15) is 19.4 Å². The van der Waals surface area contributed by atoms with Crippen molar-refractivity contribution in [3.05, 3.63) is 28.2 Å².